The standard InChI is InChI=1S/C27H29F2N6/c1-18(2)33-11-13-34(14-12-33)22-6-8-26(31-17-22)32-19(3)15-21-5-7-23-24(16-21)27(28,29)35-20(4)30-10-9-25(23)35/h5-10,16-17H,1,3,11-15H2,2,4H3,(H,31,32)/q+1. The van der Waals surface area contributed by atoms with Crippen LogP contribution in [0.2, 0.25) is 0 Å². The van der Waals surface area contributed by atoms with E-state index < -0.39 is 6.05 Å². The molecule has 5 rings (SSSR count). The van der Waals surface area contributed by atoms with Crippen molar-refractivity contribution in [1.82, 2.24) is 14.9 Å². The smallest absolute Gasteiger partial charge is 0.372 e. The highest BCUT2D eigenvalue weighted by atomic mass is 19.3. The average molecular weight is 476 g/mol. The molecule has 1 fully saturated rings. The third-order valence-corrected chi connectivity index (χ3v) is 6.68. The summed E-state index contributed by atoms with van der Waals surface area (Å²) >= 11 is 0. The summed E-state index contributed by atoms with van der Waals surface area (Å²) in [4.78, 5) is 13.2. The zero-order valence-corrected chi connectivity index (χ0v) is 20.1. The highest BCUT2D eigenvalue weighted by Crippen LogP contribution is 2.40. The molecular formula is C27H29F2N6+. The van der Waals surface area contributed by atoms with Gasteiger partial charge in [0, 0.05) is 62.5 Å². The van der Waals surface area contributed by atoms with Gasteiger partial charge in [0.2, 0.25) is 0 Å². The van der Waals surface area contributed by atoms with Gasteiger partial charge in [-0.3, -0.25) is 0 Å². The molecule has 6 nitrogen and oxygen atoms in total. The van der Waals surface area contributed by atoms with E-state index in [-0.39, 0.29) is 11.4 Å². The van der Waals surface area contributed by atoms with E-state index in [2.05, 4.69) is 38.2 Å². The van der Waals surface area contributed by atoms with Crippen LogP contribution < -0.4 is 14.8 Å². The Morgan fingerprint density at radius 3 is 2.54 bits per heavy atom. The summed E-state index contributed by atoms with van der Waals surface area (Å²) < 4.78 is 31.3. The number of aromatic nitrogens is 3. The Balaban J connectivity index is 1.24. The molecule has 35 heavy (non-hydrogen) atoms. The number of pyridine rings is 1. The van der Waals surface area contributed by atoms with Crippen molar-refractivity contribution in [2.75, 3.05) is 36.4 Å². The molecule has 1 N–H and O–H groups in total. The molecule has 0 spiro atoms. The summed E-state index contributed by atoms with van der Waals surface area (Å²) in [5.74, 6) is 0.957. The molecule has 8 heteroatoms. The number of hydrogen-bond donors (Lipinski definition) is 1. The first kappa shape index (κ1) is 23.0. The van der Waals surface area contributed by atoms with Crippen molar-refractivity contribution >= 4 is 11.5 Å². The van der Waals surface area contributed by atoms with Gasteiger partial charge in [0.1, 0.15) is 17.7 Å². The number of hydrogen-bond acceptors (Lipinski definition) is 5. The number of aryl methyl sites for hydroxylation is 1. The number of fused-ring (bicyclic) bond motifs is 3. The fraction of sp³-hybridized carbons (Fsp3) is 0.296. The summed E-state index contributed by atoms with van der Waals surface area (Å²) in [6.45, 7) is 15.5. The molecule has 2 aliphatic heterocycles. The first-order chi connectivity index (χ1) is 16.7. The van der Waals surface area contributed by atoms with Crippen LogP contribution in [0.3, 0.4) is 0 Å². The Kier molecular flexibility index (Phi) is 5.75. The van der Waals surface area contributed by atoms with Crippen LogP contribution >= 0.6 is 0 Å². The Morgan fingerprint density at radius 1 is 1.09 bits per heavy atom. The van der Waals surface area contributed by atoms with E-state index in [0.717, 1.165) is 47.7 Å². The molecule has 0 unspecified atom stereocenters. The normalized spacial score (nSPS) is 16.0. The highest BCUT2D eigenvalue weighted by Gasteiger charge is 2.50. The Labute approximate surface area is 204 Å². The molecule has 0 bridgehead atoms. The van der Waals surface area contributed by atoms with Crippen LogP contribution in [-0.2, 0) is 12.5 Å². The Morgan fingerprint density at radius 2 is 1.86 bits per heavy atom. The Hall–Kier alpha value is -3.81. The van der Waals surface area contributed by atoms with E-state index in [1.807, 2.05) is 31.3 Å². The maximum Gasteiger partial charge on any atom is 0.426 e. The molecule has 1 aromatic carbocycles. The lowest BCUT2D eigenvalue weighted by Crippen LogP contribution is -2.51. The van der Waals surface area contributed by atoms with Crippen LogP contribution in [0.1, 0.15) is 23.9 Å². The second kappa shape index (κ2) is 8.76. The van der Waals surface area contributed by atoms with Gasteiger partial charge >= 0.3 is 11.9 Å². The number of piperazine rings is 1. The number of rotatable bonds is 6. The maximum absolute atomic E-state index is 15.2. The number of benzene rings is 1. The molecule has 180 valence electrons. The van der Waals surface area contributed by atoms with E-state index in [9.17, 15) is 0 Å². The van der Waals surface area contributed by atoms with Gasteiger partial charge < -0.3 is 15.1 Å². The third kappa shape index (κ3) is 4.24. The van der Waals surface area contributed by atoms with Crippen LogP contribution in [0.4, 0.5) is 20.3 Å². The monoisotopic (exact) mass is 475 g/mol. The number of halogens is 2. The second-order valence-electron chi connectivity index (χ2n) is 9.15. The van der Waals surface area contributed by atoms with Crippen molar-refractivity contribution < 1.29 is 13.3 Å². The SMILES string of the molecule is C=C(Cc1ccc2c(c1)C(F)(F)[n+]1c-2ccnc1C)Nc1ccc(N2CCN(C(=C)C)CC2)cn1. The summed E-state index contributed by atoms with van der Waals surface area (Å²) in [5.41, 5.74) is 4.62. The zero-order valence-electron chi connectivity index (χ0n) is 20.1. The number of nitrogens with zero attached hydrogens (tertiary/aromatic N) is 5. The van der Waals surface area contributed by atoms with Gasteiger partial charge in [-0.15, -0.1) is 0 Å². The predicted molar refractivity (Wildman–Crippen MR) is 133 cm³/mol. The van der Waals surface area contributed by atoms with Crippen molar-refractivity contribution in [3.8, 4) is 11.3 Å². The van der Waals surface area contributed by atoms with Crippen LogP contribution in [0.15, 0.2) is 73.3 Å². The summed E-state index contributed by atoms with van der Waals surface area (Å²) in [7, 11) is 0. The van der Waals surface area contributed by atoms with Crippen molar-refractivity contribution in [3.05, 3.63) is 90.3 Å². The summed E-state index contributed by atoms with van der Waals surface area (Å²) in [6.07, 6.45) is 3.83. The lowest BCUT2D eigenvalue weighted by atomic mass is 10.0. The van der Waals surface area contributed by atoms with Crippen LogP contribution in [0, 0.1) is 6.92 Å². The predicted octanol–water partition coefficient (Wildman–Crippen LogP) is 4.47. The summed E-state index contributed by atoms with van der Waals surface area (Å²) in [6, 6.07) is 7.64. The van der Waals surface area contributed by atoms with Gasteiger partial charge in [-0.05, 0) is 36.8 Å². The van der Waals surface area contributed by atoms with Gasteiger partial charge in [0.15, 0.2) is 0 Å². The average Bonchev–Trinajstić information content (AvgIpc) is 3.07. The molecule has 2 aromatic heterocycles. The minimum atomic E-state index is -3.14. The fourth-order valence-electron chi connectivity index (χ4n) is 4.85. The van der Waals surface area contributed by atoms with Crippen molar-refractivity contribution in [3.63, 3.8) is 0 Å². The number of allylic oxidation sites excluding steroid dienone is 2. The number of alkyl halides is 2. The molecule has 1 saturated heterocycles. The van der Waals surface area contributed by atoms with Crippen LogP contribution in [0.5, 0.6) is 0 Å². The van der Waals surface area contributed by atoms with E-state index >= 15 is 8.78 Å². The van der Waals surface area contributed by atoms with E-state index in [1.54, 1.807) is 31.3 Å². The van der Waals surface area contributed by atoms with Gasteiger partial charge in [-0.25, -0.2) is 4.98 Å². The molecule has 0 amide bonds. The van der Waals surface area contributed by atoms with Crippen molar-refractivity contribution in [2.24, 2.45) is 0 Å². The van der Waals surface area contributed by atoms with Crippen molar-refractivity contribution in [1.29, 1.82) is 0 Å². The highest BCUT2D eigenvalue weighted by molar-refractivity contribution is 5.65. The molecule has 0 atom stereocenters. The van der Waals surface area contributed by atoms with E-state index in [4.69, 9.17) is 0 Å². The van der Waals surface area contributed by atoms with Crippen molar-refractivity contribution in [2.45, 2.75) is 26.3 Å². The molecule has 4 heterocycles. The van der Waals surface area contributed by atoms with Crippen LogP contribution in [0.25, 0.3) is 11.3 Å². The van der Waals surface area contributed by atoms with E-state index in [1.165, 1.54) is 0 Å². The first-order valence-electron chi connectivity index (χ1n) is 11.7. The molecule has 0 aliphatic carbocycles. The fourth-order valence-corrected chi connectivity index (χ4v) is 4.85. The first-order valence-corrected chi connectivity index (χ1v) is 11.7. The molecule has 0 saturated carbocycles. The van der Waals surface area contributed by atoms with E-state index in [0.29, 0.717) is 29.2 Å². The van der Waals surface area contributed by atoms with Gasteiger partial charge in [-0.1, -0.05) is 24.2 Å². The minimum Gasteiger partial charge on any atom is -0.372 e. The molecular weight excluding hydrogens is 446 g/mol. The van der Waals surface area contributed by atoms with Crippen LogP contribution in [-0.4, -0.2) is 41.0 Å². The molecule has 3 aromatic rings. The van der Waals surface area contributed by atoms with Gasteiger partial charge in [0.05, 0.1) is 17.4 Å². The topological polar surface area (TPSA) is 48.2 Å². The molecule has 2 aliphatic rings. The quantitative estimate of drug-likeness (QED) is 0.533. The number of nitrogens with one attached hydrogen (secondary N) is 1. The summed E-state index contributed by atoms with van der Waals surface area (Å²) in [5, 5.41) is 3.21. The largest absolute Gasteiger partial charge is 0.426 e. The lowest BCUT2D eigenvalue weighted by molar-refractivity contribution is -0.803. The second-order valence-corrected chi connectivity index (χ2v) is 9.15. The maximum atomic E-state index is 15.2. The third-order valence-electron chi connectivity index (χ3n) is 6.68. The minimum absolute atomic E-state index is 0.00637. The van der Waals surface area contributed by atoms with Gasteiger partial charge in [0.25, 0.3) is 0 Å². The zero-order chi connectivity index (χ0) is 24.7. The number of anilines is 2. The van der Waals surface area contributed by atoms with Gasteiger partial charge in [-0.2, -0.15) is 13.3 Å². The lowest BCUT2D eigenvalue weighted by Gasteiger charge is -2.37. The Bertz CT molecular complexity index is 1290. The molecule has 0 radical (unpaired) electrons.